The fourth-order valence-corrected chi connectivity index (χ4v) is 4.63. The quantitative estimate of drug-likeness (QED) is 0.579. The molecule has 0 radical (unpaired) electrons. The molecule has 7 heteroatoms. The standard InChI is InChI=1S/C27H35N5O2/c1-20-25(27(34)32(30(20)4)23-14-7-5-8-15-23)28-26(33)21(2)29(3)19-22-13-9-10-16-24(22)31-17-11-6-12-18-31/h5,7-10,13-16,21H,6,11-12,17-19H2,1-4H3,(H,28,33)/t21-/m1/s1. The lowest BCUT2D eigenvalue weighted by molar-refractivity contribution is -0.120. The van der Waals surface area contributed by atoms with Gasteiger partial charge in [0.25, 0.3) is 5.56 Å². The minimum absolute atomic E-state index is 0.191. The highest BCUT2D eigenvalue weighted by atomic mass is 16.2. The lowest BCUT2D eigenvalue weighted by Crippen LogP contribution is -2.40. The molecule has 3 aromatic rings. The van der Waals surface area contributed by atoms with Crippen LogP contribution in [0.15, 0.2) is 59.4 Å². The van der Waals surface area contributed by atoms with Gasteiger partial charge in [0.05, 0.1) is 17.4 Å². The molecule has 1 amide bonds. The van der Waals surface area contributed by atoms with Crippen LogP contribution in [0.4, 0.5) is 11.4 Å². The van der Waals surface area contributed by atoms with Crippen molar-refractivity contribution in [3.05, 3.63) is 76.2 Å². The third-order valence-corrected chi connectivity index (χ3v) is 6.95. The van der Waals surface area contributed by atoms with Gasteiger partial charge in [-0.2, -0.15) is 0 Å². The topological polar surface area (TPSA) is 62.5 Å². The Morgan fingerprint density at radius 1 is 1.03 bits per heavy atom. The summed E-state index contributed by atoms with van der Waals surface area (Å²) in [4.78, 5) is 30.8. The first kappa shape index (κ1) is 23.8. The molecule has 1 saturated heterocycles. The average molecular weight is 462 g/mol. The van der Waals surface area contributed by atoms with Crippen LogP contribution in [0.1, 0.15) is 37.4 Å². The van der Waals surface area contributed by atoms with E-state index in [9.17, 15) is 9.59 Å². The van der Waals surface area contributed by atoms with Gasteiger partial charge in [0.2, 0.25) is 5.91 Å². The smallest absolute Gasteiger partial charge is 0.295 e. The predicted molar refractivity (Wildman–Crippen MR) is 138 cm³/mol. The zero-order valence-corrected chi connectivity index (χ0v) is 20.6. The second-order valence-electron chi connectivity index (χ2n) is 9.19. The van der Waals surface area contributed by atoms with Gasteiger partial charge in [-0.25, -0.2) is 4.68 Å². The number of piperidine rings is 1. The minimum Gasteiger partial charge on any atom is -0.371 e. The molecule has 1 N–H and O–H groups in total. The first-order valence-corrected chi connectivity index (χ1v) is 12.1. The summed E-state index contributed by atoms with van der Waals surface area (Å²) in [5, 5.41) is 2.91. The molecule has 180 valence electrons. The van der Waals surface area contributed by atoms with E-state index in [1.165, 1.54) is 30.5 Å². The highest BCUT2D eigenvalue weighted by Crippen LogP contribution is 2.25. The molecule has 0 unspecified atom stereocenters. The van der Waals surface area contributed by atoms with E-state index in [2.05, 4.69) is 34.5 Å². The summed E-state index contributed by atoms with van der Waals surface area (Å²) in [6, 6.07) is 17.5. The Hall–Kier alpha value is -3.32. The van der Waals surface area contributed by atoms with Crippen LogP contribution in [-0.4, -0.2) is 46.3 Å². The Morgan fingerprint density at radius 3 is 2.38 bits per heavy atom. The van der Waals surface area contributed by atoms with Crippen LogP contribution >= 0.6 is 0 Å². The Kier molecular flexibility index (Phi) is 7.22. The largest absolute Gasteiger partial charge is 0.371 e. The molecule has 0 bridgehead atoms. The van der Waals surface area contributed by atoms with Crippen molar-refractivity contribution in [3.63, 3.8) is 0 Å². The van der Waals surface area contributed by atoms with Crippen molar-refractivity contribution in [2.45, 2.75) is 45.7 Å². The van der Waals surface area contributed by atoms with E-state index in [1.807, 2.05) is 63.2 Å². The maximum Gasteiger partial charge on any atom is 0.295 e. The summed E-state index contributed by atoms with van der Waals surface area (Å²) in [7, 11) is 3.78. The van der Waals surface area contributed by atoms with Crippen LogP contribution in [0, 0.1) is 6.92 Å². The van der Waals surface area contributed by atoms with Crippen LogP contribution in [0.3, 0.4) is 0 Å². The molecule has 1 atom stereocenters. The van der Waals surface area contributed by atoms with Gasteiger partial charge >= 0.3 is 0 Å². The molecule has 0 aliphatic carbocycles. The molecule has 7 nitrogen and oxygen atoms in total. The van der Waals surface area contributed by atoms with E-state index in [0.717, 1.165) is 18.8 Å². The van der Waals surface area contributed by atoms with Crippen molar-refractivity contribution in [1.29, 1.82) is 0 Å². The van der Waals surface area contributed by atoms with E-state index in [1.54, 1.807) is 9.36 Å². The van der Waals surface area contributed by atoms with Crippen molar-refractivity contribution in [2.24, 2.45) is 7.05 Å². The number of amides is 1. The number of nitrogens with zero attached hydrogens (tertiary/aromatic N) is 4. The van der Waals surface area contributed by atoms with Gasteiger partial charge in [-0.15, -0.1) is 0 Å². The fraction of sp³-hybridized carbons (Fsp3) is 0.407. The van der Waals surface area contributed by atoms with Gasteiger partial charge in [0.1, 0.15) is 5.69 Å². The number of benzene rings is 2. The number of likely N-dealkylation sites (N-methyl/N-ethyl adjacent to an activating group) is 1. The Morgan fingerprint density at radius 2 is 1.68 bits per heavy atom. The van der Waals surface area contributed by atoms with Crippen molar-refractivity contribution >= 4 is 17.3 Å². The summed E-state index contributed by atoms with van der Waals surface area (Å²) in [6.45, 7) is 6.55. The molecule has 4 rings (SSSR count). The van der Waals surface area contributed by atoms with Crippen molar-refractivity contribution in [3.8, 4) is 5.69 Å². The summed E-state index contributed by atoms with van der Waals surface area (Å²) in [5.74, 6) is -0.191. The summed E-state index contributed by atoms with van der Waals surface area (Å²) < 4.78 is 3.35. The molecule has 2 aromatic carbocycles. The Bertz CT molecular complexity index is 1190. The molecule has 2 heterocycles. The van der Waals surface area contributed by atoms with Crippen LogP contribution < -0.4 is 15.8 Å². The number of hydrogen-bond acceptors (Lipinski definition) is 4. The third-order valence-electron chi connectivity index (χ3n) is 6.95. The monoisotopic (exact) mass is 461 g/mol. The molecule has 0 saturated carbocycles. The predicted octanol–water partition coefficient (Wildman–Crippen LogP) is 3.93. The second-order valence-corrected chi connectivity index (χ2v) is 9.19. The summed E-state index contributed by atoms with van der Waals surface area (Å²) in [6.07, 6.45) is 3.74. The van der Waals surface area contributed by atoms with Crippen LogP contribution in [0.5, 0.6) is 0 Å². The van der Waals surface area contributed by atoms with Crippen molar-refractivity contribution < 1.29 is 4.79 Å². The summed E-state index contributed by atoms with van der Waals surface area (Å²) >= 11 is 0. The lowest BCUT2D eigenvalue weighted by atomic mass is 10.1. The molecule has 1 aliphatic rings. The number of anilines is 2. The number of para-hydroxylation sites is 2. The zero-order valence-electron chi connectivity index (χ0n) is 20.6. The average Bonchev–Trinajstić information content (AvgIpc) is 3.07. The first-order valence-electron chi connectivity index (χ1n) is 12.1. The zero-order chi connectivity index (χ0) is 24.2. The van der Waals surface area contributed by atoms with Crippen LogP contribution in [0.25, 0.3) is 5.69 Å². The number of carbonyl (C=O) groups excluding carboxylic acids is 1. The van der Waals surface area contributed by atoms with Gasteiger partial charge in [0.15, 0.2) is 0 Å². The van der Waals surface area contributed by atoms with Gasteiger partial charge < -0.3 is 10.2 Å². The van der Waals surface area contributed by atoms with E-state index in [-0.39, 0.29) is 11.5 Å². The normalized spacial score (nSPS) is 14.9. The number of aromatic nitrogens is 2. The van der Waals surface area contributed by atoms with E-state index >= 15 is 0 Å². The van der Waals surface area contributed by atoms with E-state index in [4.69, 9.17) is 0 Å². The van der Waals surface area contributed by atoms with E-state index in [0.29, 0.717) is 17.9 Å². The number of nitrogens with one attached hydrogen (secondary N) is 1. The molecule has 1 fully saturated rings. The third kappa shape index (κ3) is 4.80. The van der Waals surface area contributed by atoms with Gasteiger partial charge in [-0.3, -0.25) is 19.2 Å². The highest BCUT2D eigenvalue weighted by molar-refractivity contribution is 5.95. The van der Waals surface area contributed by atoms with Gasteiger partial charge in [0, 0.05) is 32.4 Å². The fourth-order valence-electron chi connectivity index (χ4n) is 4.63. The maximum atomic E-state index is 13.2. The second kappa shape index (κ2) is 10.3. The molecule has 1 aliphatic heterocycles. The molecule has 1 aromatic heterocycles. The number of carbonyl (C=O) groups is 1. The number of hydrogen-bond donors (Lipinski definition) is 1. The highest BCUT2D eigenvalue weighted by Gasteiger charge is 2.24. The number of rotatable bonds is 7. The molecular formula is C27H35N5O2. The van der Waals surface area contributed by atoms with Crippen LogP contribution in [0.2, 0.25) is 0 Å². The van der Waals surface area contributed by atoms with Crippen LogP contribution in [-0.2, 0) is 18.4 Å². The first-order chi connectivity index (χ1) is 16.4. The Balaban J connectivity index is 1.50. The van der Waals surface area contributed by atoms with Crippen molar-refractivity contribution in [2.75, 3.05) is 30.4 Å². The van der Waals surface area contributed by atoms with Gasteiger partial charge in [-0.1, -0.05) is 36.4 Å². The molecular weight excluding hydrogens is 426 g/mol. The molecule has 0 spiro atoms. The Labute approximate surface area is 201 Å². The SMILES string of the molecule is Cc1c(NC(=O)[C@@H](C)N(C)Cc2ccccc2N2CCCCC2)c(=O)n(-c2ccccc2)n1C. The van der Waals surface area contributed by atoms with Gasteiger partial charge in [-0.05, 0) is 63.9 Å². The maximum absolute atomic E-state index is 13.2. The lowest BCUT2D eigenvalue weighted by Gasteiger charge is -2.32. The van der Waals surface area contributed by atoms with E-state index < -0.39 is 6.04 Å². The van der Waals surface area contributed by atoms with Crippen molar-refractivity contribution in [1.82, 2.24) is 14.3 Å². The minimum atomic E-state index is -0.404. The molecule has 34 heavy (non-hydrogen) atoms. The summed E-state index contributed by atoms with van der Waals surface area (Å²) in [5.41, 5.74) is 4.04.